The summed E-state index contributed by atoms with van der Waals surface area (Å²) < 4.78 is 40.7. The van der Waals surface area contributed by atoms with Gasteiger partial charge in [0.2, 0.25) is 0 Å². The van der Waals surface area contributed by atoms with Gasteiger partial charge >= 0.3 is 6.18 Å². The maximum absolute atomic E-state index is 12.9. The first-order chi connectivity index (χ1) is 9.93. The van der Waals surface area contributed by atoms with Crippen LogP contribution in [0.15, 0.2) is 36.5 Å². The van der Waals surface area contributed by atoms with E-state index in [1.54, 1.807) is 6.20 Å². The van der Waals surface area contributed by atoms with E-state index in [1.807, 2.05) is 41.8 Å². The molecule has 0 spiro atoms. The molecule has 1 aliphatic carbocycles. The molecule has 3 nitrogen and oxygen atoms in total. The van der Waals surface area contributed by atoms with Crippen molar-refractivity contribution in [1.82, 2.24) is 14.9 Å². The average molecular weight is 295 g/mol. The molecule has 0 atom stereocenters. The Morgan fingerprint density at radius 2 is 1.90 bits per heavy atom. The number of alkyl halides is 3. The minimum Gasteiger partial charge on any atom is -0.300 e. The van der Waals surface area contributed by atoms with Gasteiger partial charge < -0.3 is 0 Å². The fourth-order valence-corrected chi connectivity index (χ4v) is 2.49. The van der Waals surface area contributed by atoms with Crippen LogP contribution in [0.4, 0.5) is 13.2 Å². The summed E-state index contributed by atoms with van der Waals surface area (Å²) in [7, 11) is 0. The number of nitrogens with zero attached hydrogens (tertiary/aromatic N) is 2. The number of imidazole rings is 1. The van der Waals surface area contributed by atoms with Crippen molar-refractivity contribution in [3.8, 4) is 5.69 Å². The normalized spacial score (nSPS) is 17.0. The Morgan fingerprint density at radius 1 is 1.24 bits per heavy atom. The standard InChI is InChI=1S/C15H16F3N3/c1-11-19-9-13(21(11)12-5-3-2-4-6-12)10-20-14(7-8-14)15(16,17)18/h2-6,9,20H,7-8,10H2,1H3. The third-order valence-corrected chi connectivity index (χ3v) is 3.93. The molecule has 0 radical (unpaired) electrons. The second-order valence-corrected chi connectivity index (χ2v) is 5.40. The minimum absolute atomic E-state index is 0.148. The van der Waals surface area contributed by atoms with Crippen molar-refractivity contribution in [3.05, 3.63) is 48.0 Å². The first-order valence-corrected chi connectivity index (χ1v) is 6.83. The van der Waals surface area contributed by atoms with Gasteiger partial charge in [-0.3, -0.25) is 9.88 Å². The van der Waals surface area contributed by atoms with Crippen LogP contribution in [0.25, 0.3) is 5.69 Å². The number of hydrogen-bond donors (Lipinski definition) is 1. The molecule has 1 aromatic carbocycles. The molecule has 0 amide bonds. The lowest BCUT2D eigenvalue weighted by Gasteiger charge is -2.21. The summed E-state index contributed by atoms with van der Waals surface area (Å²) in [4.78, 5) is 4.22. The summed E-state index contributed by atoms with van der Waals surface area (Å²) in [6.45, 7) is 1.99. The third kappa shape index (κ3) is 2.55. The molecule has 21 heavy (non-hydrogen) atoms. The molecule has 0 aliphatic heterocycles. The smallest absolute Gasteiger partial charge is 0.300 e. The lowest BCUT2D eigenvalue weighted by molar-refractivity contribution is -0.166. The van der Waals surface area contributed by atoms with Gasteiger partial charge in [-0.15, -0.1) is 0 Å². The van der Waals surface area contributed by atoms with Gasteiger partial charge in [-0.1, -0.05) is 18.2 Å². The number of benzene rings is 1. The molecular weight excluding hydrogens is 279 g/mol. The number of hydrogen-bond acceptors (Lipinski definition) is 2. The molecular formula is C15H16F3N3. The van der Waals surface area contributed by atoms with Crippen LogP contribution in [-0.4, -0.2) is 21.3 Å². The van der Waals surface area contributed by atoms with E-state index in [4.69, 9.17) is 0 Å². The van der Waals surface area contributed by atoms with Gasteiger partial charge in [-0.05, 0) is 31.9 Å². The highest BCUT2D eigenvalue weighted by atomic mass is 19.4. The maximum atomic E-state index is 12.9. The lowest BCUT2D eigenvalue weighted by atomic mass is 10.2. The van der Waals surface area contributed by atoms with Crippen LogP contribution >= 0.6 is 0 Å². The summed E-state index contributed by atoms with van der Waals surface area (Å²) in [6.07, 6.45) is -2.27. The molecule has 1 aromatic heterocycles. The van der Waals surface area contributed by atoms with E-state index in [0.29, 0.717) is 0 Å². The number of halogens is 3. The summed E-state index contributed by atoms with van der Waals surface area (Å²) in [6, 6.07) is 9.51. The lowest BCUT2D eigenvalue weighted by Crippen LogP contribution is -2.44. The molecule has 3 rings (SSSR count). The van der Waals surface area contributed by atoms with E-state index in [-0.39, 0.29) is 19.4 Å². The van der Waals surface area contributed by atoms with Crippen molar-refractivity contribution in [1.29, 1.82) is 0 Å². The summed E-state index contributed by atoms with van der Waals surface area (Å²) in [5, 5.41) is 2.66. The molecule has 1 N–H and O–H groups in total. The molecule has 0 bridgehead atoms. The zero-order chi connectivity index (χ0) is 15.1. The SMILES string of the molecule is Cc1ncc(CNC2(C(F)(F)F)CC2)n1-c1ccccc1. The Labute approximate surface area is 120 Å². The van der Waals surface area contributed by atoms with Crippen molar-refractivity contribution in [3.63, 3.8) is 0 Å². The van der Waals surface area contributed by atoms with Crippen molar-refractivity contribution in [2.75, 3.05) is 0 Å². The van der Waals surface area contributed by atoms with Gasteiger partial charge in [0.25, 0.3) is 0 Å². The van der Waals surface area contributed by atoms with Crippen molar-refractivity contribution in [2.24, 2.45) is 0 Å². The average Bonchev–Trinajstić information content (AvgIpc) is 3.16. The van der Waals surface area contributed by atoms with E-state index >= 15 is 0 Å². The Morgan fingerprint density at radius 3 is 2.48 bits per heavy atom. The topological polar surface area (TPSA) is 29.9 Å². The highest BCUT2D eigenvalue weighted by molar-refractivity contribution is 5.35. The van der Waals surface area contributed by atoms with Crippen molar-refractivity contribution in [2.45, 2.75) is 38.0 Å². The van der Waals surface area contributed by atoms with Crippen LogP contribution < -0.4 is 5.32 Å². The second-order valence-electron chi connectivity index (χ2n) is 5.40. The van der Waals surface area contributed by atoms with Gasteiger partial charge in [0.05, 0.1) is 11.9 Å². The monoisotopic (exact) mass is 295 g/mol. The van der Waals surface area contributed by atoms with Crippen molar-refractivity contribution < 1.29 is 13.2 Å². The van der Waals surface area contributed by atoms with E-state index in [9.17, 15) is 13.2 Å². The molecule has 1 saturated carbocycles. The Bertz CT molecular complexity index is 627. The number of aromatic nitrogens is 2. The minimum atomic E-state index is -4.19. The summed E-state index contributed by atoms with van der Waals surface area (Å²) in [5.74, 6) is 0.759. The Hall–Kier alpha value is -1.82. The van der Waals surface area contributed by atoms with Gasteiger partial charge in [0.1, 0.15) is 11.4 Å². The molecule has 1 fully saturated rings. The fraction of sp³-hybridized carbons (Fsp3) is 0.400. The molecule has 112 valence electrons. The molecule has 1 aliphatic rings. The first-order valence-electron chi connectivity index (χ1n) is 6.83. The maximum Gasteiger partial charge on any atom is 0.406 e. The third-order valence-electron chi connectivity index (χ3n) is 3.93. The van der Waals surface area contributed by atoms with Crippen LogP contribution in [0, 0.1) is 6.92 Å². The highest BCUT2D eigenvalue weighted by Crippen LogP contribution is 2.49. The van der Waals surface area contributed by atoms with Crippen LogP contribution in [0.3, 0.4) is 0 Å². The predicted octanol–water partition coefficient (Wildman–Crippen LogP) is 3.37. The zero-order valence-corrected chi connectivity index (χ0v) is 11.6. The number of rotatable bonds is 4. The van der Waals surface area contributed by atoms with Gasteiger partial charge in [-0.25, -0.2) is 4.98 Å². The number of para-hydroxylation sites is 1. The van der Waals surface area contributed by atoms with Crippen LogP contribution in [-0.2, 0) is 6.54 Å². The van der Waals surface area contributed by atoms with E-state index < -0.39 is 11.7 Å². The van der Waals surface area contributed by atoms with Gasteiger partial charge in [0.15, 0.2) is 0 Å². The summed E-state index contributed by atoms with van der Waals surface area (Å²) >= 11 is 0. The highest BCUT2D eigenvalue weighted by Gasteiger charge is 2.63. The number of nitrogens with one attached hydrogen (secondary N) is 1. The van der Waals surface area contributed by atoms with Crippen LogP contribution in [0.1, 0.15) is 24.4 Å². The quantitative estimate of drug-likeness (QED) is 0.937. The Kier molecular flexibility index (Phi) is 3.28. The summed E-state index contributed by atoms with van der Waals surface area (Å²) in [5.41, 5.74) is -0.0671. The Balaban J connectivity index is 1.82. The first kappa shape index (κ1) is 14.1. The van der Waals surface area contributed by atoms with Gasteiger partial charge in [0, 0.05) is 12.2 Å². The molecule has 0 unspecified atom stereocenters. The molecule has 2 aromatic rings. The van der Waals surface area contributed by atoms with Gasteiger partial charge in [-0.2, -0.15) is 13.2 Å². The second kappa shape index (κ2) is 4.87. The molecule has 1 heterocycles. The van der Waals surface area contributed by atoms with E-state index in [0.717, 1.165) is 17.2 Å². The number of aryl methyl sites for hydroxylation is 1. The zero-order valence-electron chi connectivity index (χ0n) is 11.6. The largest absolute Gasteiger partial charge is 0.406 e. The van der Waals surface area contributed by atoms with Crippen LogP contribution in [0.5, 0.6) is 0 Å². The van der Waals surface area contributed by atoms with Crippen molar-refractivity contribution >= 4 is 0 Å². The van der Waals surface area contributed by atoms with Crippen LogP contribution in [0.2, 0.25) is 0 Å². The fourth-order valence-electron chi connectivity index (χ4n) is 2.49. The van der Waals surface area contributed by atoms with E-state index in [1.165, 1.54) is 0 Å². The predicted molar refractivity (Wildman–Crippen MR) is 73.2 cm³/mol. The van der Waals surface area contributed by atoms with E-state index in [2.05, 4.69) is 10.3 Å². The molecule has 0 saturated heterocycles. The molecule has 6 heteroatoms.